The number of ether oxygens (including phenoxy) is 2. The minimum Gasteiger partial charge on any atom is -0.487 e. The molecule has 6 nitrogen and oxygen atoms in total. The molecule has 3 rings (SSSR count). The van der Waals surface area contributed by atoms with Gasteiger partial charge in [-0.1, -0.05) is 0 Å². The number of aromatic nitrogens is 1. The van der Waals surface area contributed by atoms with Gasteiger partial charge in [-0.05, 0) is 45.0 Å². The first-order valence-corrected chi connectivity index (χ1v) is 7.58. The van der Waals surface area contributed by atoms with Crippen molar-refractivity contribution in [3.8, 4) is 5.75 Å². The molecule has 1 aliphatic rings. The molecule has 0 saturated carbocycles. The number of benzene rings is 1. The maximum atomic E-state index is 11.9. The number of pyridine rings is 1. The summed E-state index contributed by atoms with van der Waals surface area (Å²) in [5.41, 5.74) is 0.158. The highest BCUT2D eigenvalue weighted by Gasteiger charge is 2.35. The van der Waals surface area contributed by atoms with Crippen LogP contribution in [0.1, 0.15) is 20.8 Å². The zero-order chi connectivity index (χ0) is 16.6. The molecule has 6 heteroatoms. The van der Waals surface area contributed by atoms with Gasteiger partial charge in [-0.25, -0.2) is 4.79 Å². The van der Waals surface area contributed by atoms with E-state index in [-0.39, 0.29) is 17.8 Å². The molecule has 1 aromatic heterocycles. The van der Waals surface area contributed by atoms with E-state index in [2.05, 4.69) is 4.98 Å². The second kappa shape index (κ2) is 5.61. The second-order valence-corrected chi connectivity index (χ2v) is 6.70. The Morgan fingerprint density at radius 1 is 1.22 bits per heavy atom. The zero-order valence-corrected chi connectivity index (χ0v) is 13.5. The van der Waals surface area contributed by atoms with E-state index in [4.69, 9.17) is 9.47 Å². The van der Waals surface area contributed by atoms with Crippen molar-refractivity contribution >= 4 is 17.0 Å². The molecule has 1 saturated heterocycles. The van der Waals surface area contributed by atoms with Crippen LogP contribution in [0.2, 0.25) is 0 Å². The molecule has 1 aliphatic heterocycles. The zero-order valence-electron chi connectivity index (χ0n) is 13.5. The van der Waals surface area contributed by atoms with Gasteiger partial charge in [0.15, 0.2) is 0 Å². The summed E-state index contributed by atoms with van der Waals surface area (Å²) in [6.07, 6.45) is -0.351. The third-order valence-electron chi connectivity index (χ3n) is 3.50. The highest BCUT2D eigenvalue weighted by atomic mass is 16.6. The highest BCUT2D eigenvalue weighted by Crippen LogP contribution is 2.23. The monoisotopic (exact) mass is 316 g/mol. The summed E-state index contributed by atoms with van der Waals surface area (Å²) >= 11 is 0. The van der Waals surface area contributed by atoms with E-state index < -0.39 is 5.60 Å². The fourth-order valence-corrected chi connectivity index (χ4v) is 2.39. The first-order valence-electron chi connectivity index (χ1n) is 7.58. The lowest BCUT2D eigenvalue weighted by Gasteiger charge is -2.39. The summed E-state index contributed by atoms with van der Waals surface area (Å²) in [7, 11) is 0. The molecule has 1 aromatic carbocycles. The Labute approximate surface area is 134 Å². The number of rotatable bonds is 2. The van der Waals surface area contributed by atoms with Crippen LogP contribution in [0, 0.1) is 0 Å². The van der Waals surface area contributed by atoms with Crippen molar-refractivity contribution in [2.75, 3.05) is 13.1 Å². The maximum absolute atomic E-state index is 11.9. The van der Waals surface area contributed by atoms with Crippen molar-refractivity contribution in [1.82, 2.24) is 9.88 Å². The predicted octanol–water partition coefficient (Wildman–Crippen LogP) is 2.53. The summed E-state index contributed by atoms with van der Waals surface area (Å²) < 4.78 is 11.2. The number of nitrogens with one attached hydrogen (secondary N) is 1. The lowest BCUT2D eigenvalue weighted by atomic mass is 10.1. The standard InChI is InChI=1S/C17H20N2O4/c1-17(2,3)23-16(21)19-9-13(10-19)22-12-5-6-14-11(8-12)4-7-15(20)18-14/h4-8,13H,9-10H2,1-3H3,(H,18,20). The van der Waals surface area contributed by atoms with Gasteiger partial charge >= 0.3 is 6.09 Å². The number of carbonyl (C=O) groups is 1. The largest absolute Gasteiger partial charge is 0.487 e. The van der Waals surface area contributed by atoms with Crippen LogP contribution in [0.25, 0.3) is 10.9 Å². The maximum Gasteiger partial charge on any atom is 0.410 e. The number of hydrogen-bond acceptors (Lipinski definition) is 4. The Kier molecular flexibility index (Phi) is 3.75. The summed E-state index contributed by atoms with van der Waals surface area (Å²) in [4.78, 5) is 27.5. The van der Waals surface area contributed by atoms with E-state index in [0.29, 0.717) is 13.1 Å². The lowest BCUT2D eigenvalue weighted by Crippen LogP contribution is -2.57. The van der Waals surface area contributed by atoms with Crippen LogP contribution >= 0.6 is 0 Å². The van der Waals surface area contributed by atoms with E-state index in [9.17, 15) is 9.59 Å². The fourth-order valence-electron chi connectivity index (χ4n) is 2.39. The number of likely N-dealkylation sites (tertiary alicyclic amines) is 1. The van der Waals surface area contributed by atoms with Crippen LogP contribution in [-0.4, -0.2) is 40.8 Å². The Bertz CT molecular complexity index is 785. The molecular formula is C17H20N2O4. The Morgan fingerprint density at radius 3 is 2.65 bits per heavy atom. The molecule has 1 N–H and O–H groups in total. The molecule has 122 valence electrons. The van der Waals surface area contributed by atoms with Crippen LogP contribution in [0.3, 0.4) is 0 Å². The first-order chi connectivity index (χ1) is 10.8. The highest BCUT2D eigenvalue weighted by molar-refractivity contribution is 5.79. The van der Waals surface area contributed by atoms with Gasteiger partial charge in [0.25, 0.3) is 0 Å². The Hall–Kier alpha value is -2.50. The summed E-state index contributed by atoms with van der Waals surface area (Å²) in [5.74, 6) is 0.721. The van der Waals surface area contributed by atoms with Crippen molar-refractivity contribution < 1.29 is 14.3 Å². The molecule has 0 spiro atoms. The normalized spacial score (nSPS) is 15.3. The number of fused-ring (bicyclic) bond motifs is 1. The fraction of sp³-hybridized carbons (Fsp3) is 0.412. The SMILES string of the molecule is CC(C)(C)OC(=O)N1CC(Oc2ccc3[nH]c(=O)ccc3c2)C1. The van der Waals surface area contributed by atoms with Gasteiger partial charge in [0.2, 0.25) is 5.56 Å². The average Bonchev–Trinajstić information content (AvgIpc) is 2.40. The van der Waals surface area contributed by atoms with Crippen LogP contribution in [-0.2, 0) is 4.74 Å². The van der Waals surface area contributed by atoms with Gasteiger partial charge in [0, 0.05) is 17.0 Å². The van der Waals surface area contributed by atoms with Crippen molar-refractivity contribution in [2.24, 2.45) is 0 Å². The predicted molar refractivity (Wildman–Crippen MR) is 86.8 cm³/mol. The molecule has 0 bridgehead atoms. The average molecular weight is 316 g/mol. The van der Waals surface area contributed by atoms with Crippen molar-refractivity contribution in [1.29, 1.82) is 0 Å². The van der Waals surface area contributed by atoms with E-state index in [1.54, 1.807) is 11.0 Å². The second-order valence-electron chi connectivity index (χ2n) is 6.70. The van der Waals surface area contributed by atoms with Crippen LogP contribution in [0.15, 0.2) is 35.1 Å². The summed E-state index contributed by atoms with van der Waals surface area (Å²) in [5, 5.41) is 0.908. The molecule has 2 heterocycles. The van der Waals surface area contributed by atoms with Crippen molar-refractivity contribution in [3.63, 3.8) is 0 Å². The van der Waals surface area contributed by atoms with Gasteiger partial charge in [0.05, 0.1) is 13.1 Å². The van der Waals surface area contributed by atoms with Crippen molar-refractivity contribution in [2.45, 2.75) is 32.5 Å². The van der Waals surface area contributed by atoms with Gasteiger partial charge in [-0.2, -0.15) is 0 Å². The number of H-pyrrole nitrogens is 1. The number of hydrogen-bond donors (Lipinski definition) is 1. The van der Waals surface area contributed by atoms with Gasteiger partial charge in [-0.15, -0.1) is 0 Å². The number of nitrogens with zero attached hydrogens (tertiary/aromatic N) is 1. The lowest BCUT2D eigenvalue weighted by molar-refractivity contribution is -0.0221. The topological polar surface area (TPSA) is 71.6 Å². The Balaban J connectivity index is 1.59. The molecule has 0 atom stereocenters. The van der Waals surface area contributed by atoms with Gasteiger partial charge < -0.3 is 19.4 Å². The number of carbonyl (C=O) groups excluding carboxylic acids is 1. The van der Waals surface area contributed by atoms with Gasteiger partial charge in [-0.3, -0.25) is 4.79 Å². The molecular weight excluding hydrogens is 296 g/mol. The molecule has 0 unspecified atom stereocenters. The molecule has 0 aliphatic carbocycles. The van der Waals surface area contributed by atoms with E-state index in [0.717, 1.165) is 16.7 Å². The summed E-state index contributed by atoms with van der Waals surface area (Å²) in [6.45, 7) is 6.56. The molecule has 1 fully saturated rings. The van der Waals surface area contributed by atoms with E-state index in [1.165, 1.54) is 6.07 Å². The van der Waals surface area contributed by atoms with E-state index in [1.807, 2.05) is 39.0 Å². The summed E-state index contributed by atoms with van der Waals surface area (Å²) in [6, 6.07) is 8.75. The van der Waals surface area contributed by atoms with Gasteiger partial charge in [0.1, 0.15) is 17.5 Å². The minimum atomic E-state index is -0.488. The van der Waals surface area contributed by atoms with Crippen LogP contribution in [0.5, 0.6) is 5.75 Å². The Morgan fingerprint density at radius 2 is 1.96 bits per heavy atom. The minimum absolute atomic E-state index is 0.0391. The number of amides is 1. The molecule has 1 amide bonds. The van der Waals surface area contributed by atoms with Crippen LogP contribution < -0.4 is 10.3 Å². The third-order valence-corrected chi connectivity index (χ3v) is 3.50. The smallest absolute Gasteiger partial charge is 0.410 e. The molecule has 0 radical (unpaired) electrons. The molecule has 2 aromatic rings. The van der Waals surface area contributed by atoms with E-state index >= 15 is 0 Å². The first kappa shape index (κ1) is 15.4. The van der Waals surface area contributed by atoms with Crippen molar-refractivity contribution in [3.05, 3.63) is 40.7 Å². The molecule has 23 heavy (non-hydrogen) atoms. The van der Waals surface area contributed by atoms with Crippen LogP contribution in [0.4, 0.5) is 4.79 Å². The quantitative estimate of drug-likeness (QED) is 0.924. The number of aromatic amines is 1. The third kappa shape index (κ3) is 3.64.